The van der Waals surface area contributed by atoms with Crippen LogP contribution in [0.4, 0.5) is 5.82 Å². The molecule has 3 rings (SSSR count). The SMILES string of the molecule is C=C(NC(=O)c1nc(N(C)C(=O)C(=O)N(C)C)c2c(C=O)ccnc2c1O[Si](C(C)C)(C(C)C)C(C)C)C1CC=CCC1. The molecule has 1 atom stereocenters. The van der Waals surface area contributed by atoms with Crippen LogP contribution in [0, 0.1) is 5.92 Å². The first-order valence-corrected chi connectivity index (χ1v) is 16.9. The van der Waals surface area contributed by atoms with E-state index in [1.165, 1.54) is 33.4 Å². The van der Waals surface area contributed by atoms with E-state index in [2.05, 4.69) is 70.6 Å². The summed E-state index contributed by atoms with van der Waals surface area (Å²) in [5, 5.41) is 3.16. The van der Waals surface area contributed by atoms with Gasteiger partial charge in [-0.1, -0.05) is 60.3 Å². The molecular formula is C32H45N5O5Si. The lowest BCUT2D eigenvalue weighted by molar-refractivity contribution is -0.142. The Hall–Kier alpha value is -3.86. The quantitative estimate of drug-likeness (QED) is 0.160. The number of nitrogens with zero attached hydrogens (tertiary/aromatic N) is 4. The minimum Gasteiger partial charge on any atom is -0.540 e. The number of fused-ring (bicyclic) bond motifs is 1. The predicted molar refractivity (Wildman–Crippen MR) is 172 cm³/mol. The summed E-state index contributed by atoms with van der Waals surface area (Å²) in [5.74, 6) is -2.04. The maximum atomic E-state index is 14.1. The third kappa shape index (κ3) is 6.56. The highest BCUT2D eigenvalue weighted by atomic mass is 28.4. The number of aromatic nitrogens is 2. The molecule has 1 aliphatic rings. The molecule has 232 valence electrons. The minimum absolute atomic E-state index is 0.0416. The van der Waals surface area contributed by atoms with E-state index >= 15 is 0 Å². The molecule has 0 aromatic carbocycles. The lowest BCUT2D eigenvalue weighted by Crippen LogP contribution is -2.51. The molecule has 3 amide bonds. The summed E-state index contributed by atoms with van der Waals surface area (Å²) in [4.78, 5) is 63.8. The number of allylic oxidation sites excluding steroid dienone is 3. The van der Waals surface area contributed by atoms with Crippen LogP contribution in [-0.2, 0) is 9.59 Å². The van der Waals surface area contributed by atoms with Crippen LogP contribution >= 0.6 is 0 Å². The van der Waals surface area contributed by atoms with Crippen molar-refractivity contribution in [3.63, 3.8) is 0 Å². The average molecular weight is 608 g/mol. The van der Waals surface area contributed by atoms with Gasteiger partial charge in [0.25, 0.3) is 14.2 Å². The van der Waals surface area contributed by atoms with Gasteiger partial charge < -0.3 is 14.6 Å². The molecule has 1 aliphatic carbocycles. The Bertz CT molecular complexity index is 1430. The van der Waals surface area contributed by atoms with E-state index in [9.17, 15) is 19.2 Å². The largest absolute Gasteiger partial charge is 0.540 e. The molecule has 0 fully saturated rings. The second kappa shape index (κ2) is 13.6. The van der Waals surface area contributed by atoms with Crippen molar-refractivity contribution in [1.82, 2.24) is 20.2 Å². The highest BCUT2D eigenvalue weighted by Crippen LogP contribution is 2.46. The van der Waals surface area contributed by atoms with Gasteiger partial charge in [-0.15, -0.1) is 0 Å². The zero-order chi connectivity index (χ0) is 32.2. The normalized spacial score (nSPS) is 15.1. The Morgan fingerprint density at radius 1 is 1.05 bits per heavy atom. The van der Waals surface area contributed by atoms with Crippen molar-refractivity contribution in [2.75, 3.05) is 26.0 Å². The fourth-order valence-electron chi connectivity index (χ4n) is 6.18. The van der Waals surface area contributed by atoms with Crippen molar-refractivity contribution < 1.29 is 23.6 Å². The van der Waals surface area contributed by atoms with Crippen LogP contribution in [0.15, 0.2) is 36.7 Å². The van der Waals surface area contributed by atoms with E-state index in [1.807, 2.05) is 0 Å². The van der Waals surface area contributed by atoms with E-state index in [4.69, 9.17) is 9.41 Å². The van der Waals surface area contributed by atoms with Gasteiger partial charge in [0, 0.05) is 44.5 Å². The molecule has 0 spiro atoms. The molecule has 2 aromatic heterocycles. The molecule has 43 heavy (non-hydrogen) atoms. The Morgan fingerprint density at radius 3 is 2.19 bits per heavy atom. The summed E-state index contributed by atoms with van der Waals surface area (Å²) < 4.78 is 7.08. The Morgan fingerprint density at radius 2 is 1.67 bits per heavy atom. The monoisotopic (exact) mass is 607 g/mol. The van der Waals surface area contributed by atoms with Gasteiger partial charge in [0.2, 0.25) is 0 Å². The Labute approximate surface area is 255 Å². The number of aldehydes is 1. The van der Waals surface area contributed by atoms with Gasteiger partial charge in [-0.05, 0) is 42.0 Å². The first-order valence-electron chi connectivity index (χ1n) is 14.8. The number of anilines is 1. The fourth-order valence-corrected chi connectivity index (χ4v) is 11.4. The Balaban J connectivity index is 2.37. The van der Waals surface area contributed by atoms with Crippen molar-refractivity contribution in [2.45, 2.75) is 77.4 Å². The van der Waals surface area contributed by atoms with Gasteiger partial charge in [0.05, 0.1) is 5.39 Å². The van der Waals surface area contributed by atoms with Gasteiger partial charge in [0.15, 0.2) is 17.7 Å². The predicted octanol–water partition coefficient (Wildman–Crippen LogP) is 5.65. The van der Waals surface area contributed by atoms with Crippen molar-refractivity contribution in [2.24, 2.45) is 5.92 Å². The van der Waals surface area contributed by atoms with Crippen molar-refractivity contribution in [3.8, 4) is 5.75 Å². The molecule has 11 heteroatoms. The summed E-state index contributed by atoms with van der Waals surface area (Å²) in [7, 11) is 1.64. The average Bonchev–Trinajstić information content (AvgIpc) is 2.97. The third-order valence-electron chi connectivity index (χ3n) is 8.43. The zero-order valence-electron chi connectivity index (χ0n) is 26.9. The molecule has 0 saturated heterocycles. The van der Waals surface area contributed by atoms with Crippen LogP contribution < -0.4 is 14.6 Å². The van der Waals surface area contributed by atoms with E-state index in [1.54, 1.807) is 0 Å². The molecule has 0 saturated carbocycles. The van der Waals surface area contributed by atoms with Gasteiger partial charge in [-0.3, -0.25) is 29.1 Å². The molecule has 1 unspecified atom stereocenters. The number of pyridine rings is 2. The first-order chi connectivity index (χ1) is 20.2. The van der Waals surface area contributed by atoms with Crippen LogP contribution in [0.25, 0.3) is 10.9 Å². The fraction of sp³-hybridized carbons (Fsp3) is 0.500. The topological polar surface area (TPSA) is 122 Å². The smallest absolute Gasteiger partial charge is 0.317 e. The molecule has 1 N–H and O–H groups in total. The number of carbonyl (C=O) groups is 4. The number of rotatable bonds is 10. The number of amides is 3. The number of nitrogens with one attached hydrogen (secondary N) is 1. The highest BCUT2D eigenvalue weighted by Gasteiger charge is 2.48. The van der Waals surface area contributed by atoms with Crippen LogP contribution in [0.3, 0.4) is 0 Å². The molecular weight excluding hydrogens is 562 g/mol. The lowest BCUT2D eigenvalue weighted by Gasteiger charge is -2.42. The molecule has 0 bridgehead atoms. The lowest BCUT2D eigenvalue weighted by atomic mass is 9.92. The maximum Gasteiger partial charge on any atom is 0.317 e. The molecule has 10 nitrogen and oxygen atoms in total. The molecule has 0 radical (unpaired) electrons. The Kier molecular flexibility index (Phi) is 10.7. The van der Waals surface area contributed by atoms with Crippen molar-refractivity contribution >= 4 is 49.0 Å². The van der Waals surface area contributed by atoms with E-state index in [0.717, 1.165) is 29.1 Å². The highest BCUT2D eigenvalue weighted by molar-refractivity contribution is 6.78. The van der Waals surface area contributed by atoms with E-state index < -0.39 is 26.0 Å². The maximum absolute atomic E-state index is 14.1. The second-order valence-corrected chi connectivity index (χ2v) is 17.7. The van der Waals surface area contributed by atoms with Crippen molar-refractivity contribution in [3.05, 3.63) is 47.9 Å². The summed E-state index contributed by atoms with van der Waals surface area (Å²) in [5.41, 5.74) is 1.36. The summed E-state index contributed by atoms with van der Waals surface area (Å²) >= 11 is 0. The van der Waals surface area contributed by atoms with E-state index in [-0.39, 0.29) is 56.3 Å². The molecule has 0 aliphatic heterocycles. The summed E-state index contributed by atoms with van der Waals surface area (Å²) in [6, 6.07) is 1.51. The van der Waals surface area contributed by atoms with Crippen LogP contribution in [0.1, 0.15) is 81.7 Å². The zero-order valence-corrected chi connectivity index (χ0v) is 27.9. The van der Waals surface area contributed by atoms with Gasteiger partial charge in [-0.2, -0.15) is 0 Å². The number of likely N-dealkylation sites (N-methyl/N-ethyl adjacent to an activating group) is 2. The first kappa shape index (κ1) is 33.6. The van der Waals surface area contributed by atoms with Crippen LogP contribution in [0.5, 0.6) is 5.75 Å². The van der Waals surface area contributed by atoms with E-state index in [0.29, 0.717) is 12.0 Å². The summed E-state index contributed by atoms with van der Waals surface area (Å²) in [6.07, 6.45) is 8.80. The van der Waals surface area contributed by atoms with Gasteiger partial charge >= 0.3 is 11.8 Å². The van der Waals surface area contributed by atoms with Gasteiger partial charge in [0.1, 0.15) is 11.3 Å². The van der Waals surface area contributed by atoms with Crippen molar-refractivity contribution in [1.29, 1.82) is 0 Å². The summed E-state index contributed by atoms with van der Waals surface area (Å²) in [6.45, 7) is 16.9. The minimum atomic E-state index is -2.68. The molecule has 2 aromatic rings. The van der Waals surface area contributed by atoms with Gasteiger partial charge in [-0.25, -0.2) is 4.98 Å². The standard InChI is InChI=1S/C32H45N5O5Si/c1-19(2)43(20(3)4,21(5)6)42-28-26-25(24(18-38)16-17-33-26)29(37(10)32(41)31(40)36(8)9)35-27(28)30(39)34-22(7)23-14-12-11-13-15-23/h11-12,16-21,23H,7,13-15H2,1-6,8-10H3,(H,34,39). The molecule has 2 heterocycles. The second-order valence-electron chi connectivity index (χ2n) is 12.3. The number of carbonyl (C=O) groups excluding carboxylic acids is 4. The van der Waals surface area contributed by atoms with Crippen LogP contribution in [-0.4, -0.2) is 68.3 Å². The van der Waals surface area contributed by atoms with Crippen LogP contribution in [0.2, 0.25) is 16.6 Å². The third-order valence-corrected chi connectivity index (χ3v) is 14.4. The number of hydrogen-bond acceptors (Lipinski definition) is 7. The number of hydrogen-bond donors (Lipinski definition) is 1.